The molecule has 2 N–H and O–H groups in total. The third kappa shape index (κ3) is 3.16. The summed E-state index contributed by atoms with van der Waals surface area (Å²) in [5.74, 6) is 0. The molecule has 8 nitrogen and oxygen atoms in total. The summed E-state index contributed by atoms with van der Waals surface area (Å²) >= 11 is 0. The van der Waals surface area contributed by atoms with E-state index in [0.717, 1.165) is 21.8 Å². The van der Waals surface area contributed by atoms with Crippen molar-refractivity contribution in [1.29, 1.82) is 0 Å². The molecule has 0 bridgehead atoms. The molecule has 3 aromatic heterocycles. The highest BCUT2D eigenvalue weighted by molar-refractivity contribution is 5.95. The van der Waals surface area contributed by atoms with Gasteiger partial charge in [0.2, 0.25) is 0 Å². The van der Waals surface area contributed by atoms with Gasteiger partial charge in [-0.2, -0.15) is 0 Å². The largest absolute Gasteiger partial charge is 0.313 e. The van der Waals surface area contributed by atoms with Crippen molar-refractivity contribution in [3.63, 3.8) is 0 Å². The smallest absolute Gasteiger partial charge is 0.278 e. The highest BCUT2D eigenvalue weighted by atomic mass is 16.1. The van der Waals surface area contributed by atoms with Crippen molar-refractivity contribution in [2.24, 2.45) is 0 Å². The van der Waals surface area contributed by atoms with Crippen LogP contribution in [0.2, 0.25) is 0 Å². The van der Waals surface area contributed by atoms with Crippen LogP contribution in [0.15, 0.2) is 82.9 Å². The summed E-state index contributed by atoms with van der Waals surface area (Å²) in [5, 5.41) is 2.79. The maximum absolute atomic E-state index is 11.5. The lowest BCUT2D eigenvalue weighted by atomic mass is 10.1. The Bertz CT molecular complexity index is 1530. The van der Waals surface area contributed by atoms with E-state index in [9.17, 15) is 9.59 Å². The van der Waals surface area contributed by atoms with Crippen LogP contribution in [-0.4, -0.2) is 29.9 Å². The number of aromatic amines is 2. The van der Waals surface area contributed by atoms with Crippen LogP contribution in [0, 0.1) is 0 Å². The summed E-state index contributed by atoms with van der Waals surface area (Å²) < 4.78 is 0. The van der Waals surface area contributed by atoms with Gasteiger partial charge < -0.3 is 9.97 Å². The lowest BCUT2D eigenvalue weighted by molar-refractivity contribution is 1.13. The summed E-state index contributed by atoms with van der Waals surface area (Å²) in [7, 11) is 0. The first-order chi connectivity index (χ1) is 14.7. The Hall–Kier alpha value is -4.46. The van der Waals surface area contributed by atoms with E-state index < -0.39 is 0 Å². The second kappa shape index (κ2) is 7.17. The molecule has 0 fully saturated rings. The van der Waals surface area contributed by atoms with Crippen LogP contribution in [0.4, 0.5) is 0 Å². The van der Waals surface area contributed by atoms with Crippen LogP contribution in [0.1, 0.15) is 0 Å². The summed E-state index contributed by atoms with van der Waals surface area (Å²) in [4.78, 5) is 44.5. The molecule has 0 aliphatic heterocycles. The second-order valence-corrected chi connectivity index (χ2v) is 6.56. The van der Waals surface area contributed by atoms with Gasteiger partial charge in [0.05, 0.1) is 34.6 Å². The molecule has 3 aromatic carbocycles. The standard InChI is InChI=1S/C12H8N2O.C10H6N4O/c15-12-10-5-8-3-1-2-4-9(8)6-11(10)13-7-14-12;15-10-8-9(11-5-12-10)14-7-4-2-1-3-6(7)13-8/h1-7H,(H,13,14,15);1-5H,(H,11,12,14,15). The Morgan fingerprint density at radius 2 is 1.27 bits per heavy atom. The molecule has 0 spiro atoms. The molecule has 30 heavy (non-hydrogen) atoms. The maximum Gasteiger partial charge on any atom is 0.278 e. The fraction of sp³-hybridized carbons (Fsp3) is 0. The van der Waals surface area contributed by atoms with Crippen LogP contribution < -0.4 is 11.1 Å². The van der Waals surface area contributed by atoms with Crippen molar-refractivity contribution >= 4 is 43.9 Å². The van der Waals surface area contributed by atoms with Gasteiger partial charge >= 0.3 is 0 Å². The molecule has 8 heteroatoms. The molecule has 6 rings (SSSR count). The van der Waals surface area contributed by atoms with Gasteiger partial charge in [0.15, 0.2) is 11.2 Å². The molecule has 144 valence electrons. The number of fused-ring (bicyclic) bond motifs is 4. The van der Waals surface area contributed by atoms with E-state index in [-0.39, 0.29) is 16.6 Å². The molecular weight excluding hydrogens is 380 g/mol. The SMILES string of the molecule is O=c1[nH]cnc2cc3ccccc3cc12.O=c1[nH]cnc2nc3ccccc3nc12. The molecular formula is C22H14N6O2. The topological polar surface area (TPSA) is 117 Å². The molecule has 0 atom stereocenters. The molecule has 0 aliphatic rings. The number of nitrogens with zero attached hydrogens (tertiary/aromatic N) is 4. The third-order valence-electron chi connectivity index (χ3n) is 4.66. The first-order valence-electron chi connectivity index (χ1n) is 9.15. The van der Waals surface area contributed by atoms with Gasteiger partial charge in [-0.25, -0.2) is 19.9 Å². The van der Waals surface area contributed by atoms with E-state index >= 15 is 0 Å². The molecule has 3 heterocycles. The van der Waals surface area contributed by atoms with Crippen molar-refractivity contribution in [3.8, 4) is 0 Å². The number of rotatable bonds is 0. The summed E-state index contributed by atoms with van der Waals surface area (Å²) in [6, 6.07) is 19.1. The first kappa shape index (κ1) is 17.6. The molecule has 0 aliphatic carbocycles. The zero-order chi connectivity index (χ0) is 20.5. The van der Waals surface area contributed by atoms with Gasteiger partial charge in [-0.05, 0) is 35.0 Å². The Kier molecular flexibility index (Phi) is 4.21. The Morgan fingerprint density at radius 3 is 2.07 bits per heavy atom. The van der Waals surface area contributed by atoms with Crippen LogP contribution in [0.5, 0.6) is 0 Å². The number of hydrogen-bond acceptors (Lipinski definition) is 6. The summed E-state index contributed by atoms with van der Waals surface area (Å²) in [6.45, 7) is 0. The van der Waals surface area contributed by atoms with E-state index in [4.69, 9.17) is 0 Å². The van der Waals surface area contributed by atoms with Crippen molar-refractivity contribution in [1.82, 2.24) is 29.9 Å². The van der Waals surface area contributed by atoms with Crippen molar-refractivity contribution in [2.45, 2.75) is 0 Å². The number of aromatic nitrogens is 6. The molecule has 6 aromatic rings. The van der Waals surface area contributed by atoms with Gasteiger partial charge in [0.1, 0.15) is 0 Å². The molecule has 0 saturated carbocycles. The minimum Gasteiger partial charge on any atom is -0.313 e. The van der Waals surface area contributed by atoms with E-state index in [1.165, 1.54) is 12.7 Å². The summed E-state index contributed by atoms with van der Waals surface area (Å²) in [5.41, 5.74) is 2.46. The zero-order valence-electron chi connectivity index (χ0n) is 15.5. The van der Waals surface area contributed by atoms with Crippen molar-refractivity contribution in [2.75, 3.05) is 0 Å². The van der Waals surface area contributed by atoms with Gasteiger partial charge in [0.25, 0.3) is 11.1 Å². The first-order valence-corrected chi connectivity index (χ1v) is 9.15. The quantitative estimate of drug-likeness (QED) is 0.383. The number of nitrogens with one attached hydrogen (secondary N) is 2. The number of para-hydroxylation sites is 2. The normalized spacial score (nSPS) is 10.9. The molecule has 0 radical (unpaired) electrons. The van der Waals surface area contributed by atoms with Crippen molar-refractivity contribution in [3.05, 3.63) is 94.0 Å². The highest BCUT2D eigenvalue weighted by Gasteiger charge is 2.04. The molecule has 0 saturated heterocycles. The van der Waals surface area contributed by atoms with Gasteiger partial charge in [-0.1, -0.05) is 36.4 Å². The third-order valence-corrected chi connectivity index (χ3v) is 4.66. The lowest BCUT2D eigenvalue weighted by Crippen LogP contribution is -2.09. The zero-order valence-corrected chi connectivity index (χ0v) is 15.5. The second-order valence-electron chi connectivity index (χ2n) is 6.56. The monoisotopic (exact) mass is 394 g/mol. The maximum atomic E-state index is 11.5. The predicted molar refractivity (Wildman–Crippen MR) is 115 cm³/mol. The number of benzene rings is 3. The van der Waals surface area contributed by atoms with E-state index in [0.29, 0.717) is 16.6 Å². The van der Waals surface area contributed by atoms with Crippen molar-refractivity contribution < 1.29 is 0 Å². The fourth-order valence-corrected chi connectivity index (χ4v) is 3.21. The summed E-state index contributed by atoms with van der Waals surface area (Å²) in [6.07, 6.45) is 2.76. The predicted octanol–water partition coefficient (Wildman–Crippen LogP) is 2.94. The van der Waals surface area contributed by atoms with E-state index in [1.54, 1.807) is 0 Å². The van der Waals surface area contributed by atoms with Gasteiger partial charge in [0, 0.05) is 0 Å². The average molecular weight is 394 g/mol. The Labute approximate surface area is 168 Å². The minimum absolute atomic E-state index is 0.0919. The Balaban J connectivity index is 0.000000128. The highest BCUT2D eigenvalue weighted by Crippen LogP contribution is 2.18. The van der Waals surface area contributed by atoms with Gasteiger partial charge in [-0.3, -0.25) is 9.59 Å². The average Bonchev–Trinajstić information content (AvgIpc) is 2.78. The lowest BCUT2D eigenvalue weighted by Gasteiger charge is -1.99. The van der Waals surface area contributed by atoms with Crippen LogP contribution in [0.25, 0.3) is 43.9 Å². The minimum atomic E-state index is -0.266. The molecule has 0 amide bonds. The fourth-order valence-electron chi connectivity index (χ4n) is 3.21. The Morgan fingerprint density at radius 1 is 0.633 bits per heavy atom. The molecule has 0 unspecified atom stereocenters. The number of hydrogen-bond donors (Lipinski definition) is 2. The van der Waals surface area contributed by atoms with Gasteiger partial charge in [-0.15, -0.1) is 0 Å². The van der Waals surface area contributed by atoms with Crippen LogP contribution in [0.3, 0.4) is 0 Å². The van der Waals surface area contributed by atoms with E-state index in [1.807, 2.05) is 60.7 Å². The van der Waals surface area contributed by atoms with E-state index in [2.05, 4.69) is 29.9 Å². The van der Waals surface area contributed by atoms with Crippen LogP contribution in [-0.2, 0) is 0 Å². The number of H-pyrrole nitrogens is 2. The van der Waals surface area contributed by atoms with Crippen LogP contribution >= 0.6 is 0 Å².